The van der Waals surface area contributed by atoms with Crippen molar-refractivity contribution in [3.05, 3.63) is 18.5 Å². The van der Waals surface area contributed by atoms with E-state index in [1.807, 2.05) is 23.1 Å². The molecule has 0 fully saturated rings. The highest BCUT2D eigenvalue weighted by atomic mass is 15.4. The maximum Gasteiger partial charge on any atom is 0.101 e. The van der Waals surface area contributed by atoms with E-state index >= 15 is 0 Å². The summed E-state index contributed by atoms with van der Waals surface area (Å²) in [6, 6.07) is 1.96. The number of rotatable bonds is 4. The van der Waals surface area contributed by atoms with E-state index in [2.05, 4.69) is 30.8 Å². The zero-order valence-electron chi connectivity index (χ0n) is 8.07. The summed E-state index contributed by atoms with van der Waals surface area (Å²) in [4.78, 5) is 2.35. The lowest BCUT2D eigenvalue weighted by atomic mass is 10.4. The van der Waals surface area contributed by atoms with E-state index in [9.17, 15) is 0 Å². The normalized spacial score (nSPS) is 13.7. The standard InChI is InChI=1S/C9H17N3/c1-4-11(5-2)9(3)12-8-6-7-10-12/h6-9H,4-5H2,1-3H3. The maximum absolute atomic E-state index is 4.21. The average Bonchev–Trinajstić information content (AvgIpc) is 2.58. The number of hydrogen-bond donors (Lipinski definition) is 0. The molecular weight excluding hydrogens is 150 g/mol. The molecule has 12 heavy (non-hydrogen) atoms. The monoisotopic (exact) mass is 167 g/mol. The summed E-state index contributed by atoms with van der Waals surface area (Å²) in [7, 11) is 0. The van der Waals surface area contributed by atoms with Gasteiger partial charge in [-0.15, -0.1) is 0 Å². The van der Waals surface area contributed by atoms with Gasteiger partial charge in [-0.25, -0.2) is 0 Å². The lowest BCUT2D eigenvalue weighted by Crippen LogP contribution is -2.30. The molecule has 0 radical (unpaired) electrons. The molecule has 0 aliphatic rings. The Morgan fingerprint density at radius 3 is 2.50 bits per heavy atom. The van der Waals surface area contributed by atoms with Crippen molar-refractivity contribution in [1.29, 1.82) is 0 Å². The van der Waals surface area contributed by atoms with E-state index in [1.165, 1.54) is 0 Å². The van der Waals surface area contributed by atoms with Crippen LogP contribution in [-0.4, -0.2) is 27.8 Å². The molecule has 68 valence electrons. The van der Waals surface area contributed by atoms with Gasteiger partial charge < -0.3 is 0 Å². The molecule has 1 rings (SSSR count). The molecule has 1 aromatic heterocycles. The third-order valence-electron chi connectivity index (χ3n) is 2.25. The first kappa shape index (κ1) is 9.26. The Kier molecular flexibility index (Phi) is 3.29. The minimum absolute atomic E-state index is 0.370. The molecule has 0 saturated heterocycles. The zero-order chi connectivity index (χ0) is 8.97. The molecule has 1 aromatic rings. The molecule has 0 aliphatic heterocycles. The van der Waals surface area contributed by atoms with Crippen molar-refractivity contribution in [3.63, 3.8) is 0 Å². The van der Waals surface area contributed by atoms with Crippen molar-refractivity contribution in [2.75, 3.05) is 13.1 Å². The van der Waals surface area contributed by atoms with Crippen molar-refractivity contribution >= 4 is 0 Å². The van der Waals surface area contributed by atoms with Crippen LogP contribution in [-0.2, 0) is 0 Å². The van der Waals surface area contributed by atoms with Crippen LogP contribution in [0.1, 0.15) is 26.9 Å². The zero-order valence-corrected chi connectivity index (χ0v) is 8.07. The van der Waals surface area contributed by atoms with Gasteiger partial charge in [-0.05, 0) is 26.1 Å². The van der Waals surface area contributed by atoms with Gasteiger partial charge in [0.15, 0.2) is 0 Å². The van der Waals surface area contributed by atoms with Crippen LogP contribution in [0.4, 0.5) is 0 Å². The summed E-state index contributed by atoms with van der Waals surface area (Å²) in [5, 5.41) is 4.21. The second kappa shape index (κ2) is 4.26. The first-order chi connectivity index (χ1) is 5.79. The summed E-state index contributed by atoms with van der Waals surface area (Å²) in [6.45, 7) is 8.64. The van der Waals surface area contributed by atoms with Gasteiger partial charge in [0, 0.05) is 12.4 Å². The molecule has 1 unspecified atom stereocenters. The minimum atomic E-state index is 0.370. The average molecular weight is 167 g/mol. The third-order valence-corrected chi connectivity index (χ3v) is 2.25. The summed E-state index contributed by atoms with van der Waals surface area (Å²) in [5.41, 5.74) is 0. The van der Waals surface area contributed by atoms with E-state index in [0.717, 1.165) is 13.1 Å². The van der Waals surface area contributed by atoms with Crippen molar-refractivity contribution in [2.24, 2.45) is 0 Å². The molecule has 0 amide bonds. The van der Waals surface area contributed by atoms with Gasteiger partial charge >= 0.3 is 0 Å². The fourth-order valence-electron chi connectivity index (χ4n) is 1.42. The molecule has 0 bridgehead atoms. The number of hydrogen-bond acceptors (Lipinski definition) is 2. The van der Waals surface area contributed by atoms with E-state index < -0.39 is 0 Å². The lowest BCUT2D eigenvalue weighted by molar-refractivity contribution is 0.159. The van der Waals surface area contributed by atoms with E-state index in [-0.39, 0.29) is 0 Å². The van der Waals surface area contributed by atoms with Crippen LogP contribution < -0.4 is 0 Å². The van der Waals surface area contributed by atoms with Gasteiger partial charge in [-0.1, -0.05) is 13.8 Å². The molecule has 1 atom stereocenters. The highest BCUT2D eigenvalue weighted by Gasteiger charge is 2.10. The van der Waals surface area contributed by atoms with Crippen LogP contribution in [0.15, 0.2) is 18.5 Å². The Bertz CT molecular complexity index is 202. The fourth-order valence-corrected chi connectivity index (χ4v) is 1.42. The molecular formula is C9H17N3. The van der Waals surface area contributed by atoms with Gasteiger partial charge in [0.1, 0.15) is 6.17 Å². The van der Waals surface area contributed by atoms with Crippen LogP contribution in [0.3, 0.4) is 0 Å². The van der Waals surface area contributed by atoms with Crippen LogP contribution in [0.2, 0.25) is 0 Å². The molecule has 0 spiro atoms. The Labute approximate surface area is 74.0 Å². The quantitative estimate of drug-likeness (QED) is 0.681. The van der Waals surface area contributed by atoms with Crippen molar-refractivity contribution in [2.45, 2.75) is 26.9 Å². The first-order valence-electron chi connectivity index (χ1n) is 4.52. The molecule has 0 aliphatic carbocycles. The van der Waals surface area contributed by atoms with Crippen LogP contribution in [0.5, 0.6) is 0 Å². The van der Waals surface area contributed by atoms with E-state index in [0.29, 0.717) is 6.17 Å². The number of aromatic nitrogens is 2. The summed E-state index contributed by atoms with van der Waals surface area (Å²) < 4.78 is 1.98. The molecule has 0 N–H and O–H groups in total. The minimum Gasteiger partial charge on any atom is -0.283 e. The molecule has 3 heteroatoms. The van der Waals surface area contributed by atoms with E-state index in [4.69, 9.17) is 0 Å². The fraction of sp³-hybridized carbons (Fsp3) is 0.667. The number of nitrogens with zero attached hydrogens (tertiary/aromatic N) is 3. The molecule has 0 aromatic carbocycles. The van der Waals surface area contributed by atoms with Crippen LogP contribution in [0, 0.1) is 0 Å². The SMILES string of the molecule is CCN(CC)C(C)n1cccn1. The van der Waals surface area contributed by atoms with Crippen molar-refractivity contribution < 1.29 is 0 Å². The van der Waals surface area contributed by atoms with Crippen LogP contribution >= 0.6 is 0 Å². The van der Waals surface area contributed by atoms with Crippen molar-refractivity contribution in [3.8, 4) is 0 Å². The predicted molar refractivity (Wildman–Crippen MR) is 49.9 cm³/mol. The lowest BCUT2D eigenvalue weighted by Gasteiger charge is -2.26. The predicted octanol–water partition coefficient (Wildman–Crippen LogP) is 1.74. The van der Waals surface area contributed by atoms with Gasteiger partial charge in [0.05, 0.1) is 0 Å². The second-order valence-electron chi connectivity index (χ2n) is 2.84. The first-order valence-corrected chi connectivity index (χ1v) is 4.52. The summed E-state index contributed by atoms with van der Waals surface area (Å²) in [6.07, 6.45) is 4.19. The molecule has 1 heterocycles. The van der Waals surface area contributed by atoms with Crippen molar-refractivity contribution in [1.82, 2.24) is 14.7 Å². The van der Waals surface area contributed by atoms with E-state index in [1.54, 1.807) is 0 Å². The second-order valence-corrected chi connectivity index (χ2v) is 2.84. The smallest absolute Gasteiger partial charge is 0.101 e. The summed E-state index contributed by atoms with van der Waals surface area (Å²) >= 11 is 0. The third kappa shape index (κ3) is 1.85. The molecule has 0 saturated carbocycles. The Balaban J connectivity index is 2.63. The van der Waals surface area contributed by atoms with Crippen LogP contribution in [0.25, 0.3) is 0 Å². The van der Waals surface area contributed by atoms with Gasteiger partial charge in [-0.2, -0.15) is 5.10 Å². The van der Waals surface area contributed by atoms with Gasteiger partial charge in [-0.3, -0.25) is 9.58 Å². The highest BCUT2D eigenvalue weighted by molar-refractivity contribution is 4.80. The maximum atomic E-state index is 4.21. The Morgan fingerprint density at radius 2 is 2.08 bits per heavy atom. The summed E-state index contributed by atoms with van der Waals surface area (Å²) in [5.74, 6) is 0. The molecule has 3 nitrogen and oxygen atoms in total. The Morgan fingerprint density at radius 1 is 1.42 bits per heavy atom. The van der Waals surface area contributed by atoms with Gasteiger partial charge in [0.2, 0.25) is 0 Å². The Hall–Kier alpha value is -0.830. The highest BCUT2D eigenvalue weighted by Crippen LogP contribution is 2.09. The topological polar surface area (TPSA) is 21.1 Å². The van der Waals surface area contributed by atoms with Gasteiger partial charge in [0.25, 0.3) is 0 Å². The largest absolute Gasteiger partial charge is 0.283 e.